The van der Waals surface area contributed by atoms with Crippen LogP contribution in [0.15, 0.2) is 76.9 Å². The number of aromatic nitrogens is 3. The molecule has 1 aliphatic carbocycles. The second-order valence-electron chi connectivity index (χ2n) is 16.1. The average molecular weight is 796 g/mol. The molecule has 1 aliphatic heterocycles. The Morgan fingerprint density at radius 1 is 1.09 bits per heavy atom. The Kier molecular flexibility index (Phi) is 13.6. The standard InChI is InChI=1S/C41H54BN9O5S/c1-25(47-37(53)33-23-56-39(48-33)29-15-17-44-18-16-29)21-51(43-6)31-13-11-30(12-14-31)42-49-36(41(3,4)5)40(55)50-22-32(52)19-34(50)38(54)45-20-27-7-9-28(10-8-27)35-26(2)46-24-57-35/h7-10,15-18,21,23-24,30-32,34,36,42-43,49,52H,11-14,19-20,22H2,1-6H3,(H,45,54)(H,47,53)/b25-21+/t30?,31?,32-,34+,36-/m1/s1. The van der Waals surface area contributed by atoms with Gasteiger partial charge in [-0.15, -0.1) is 11.3 Å². The first-order valence-electron chi connectivity index (χ1n) is 19.6. The number of rotatable bonds is 14. The van der Waals surface area contributed by atoms with Gasteiger partial charge in [0.2, 0.25) is 25.1 Å². The number of benzene rings is 1. The molecule has 4 heterocycles. The summed E-state index contributed by atoms with van der Waals surface area (Å²) in [4.78, 5) is 56.0. The lowest BCUT2D eigenvalue weighted by atomic mass is 9.65. The van der Waals surface area contributed by atoms with Gasteiger partial charge in [0.05, 0.1) is 28.2 Å². The molecule has 0 bridgehead atoms. The van der Waals surface area contributed by atoms with Gasteiger partial charge in [0.15, 0.2) is 5.69 Å². The number of β-amino-alcohol motifs (C(OH)–C–C–N with tert-alkyl or cyclic N) is 1. The summed E-state index contributed by atoms with van der Waals surface area (Å²) in [6.45, 7) is 10.4. The van der Waals surface area contributed by atoms with Crippen LogP contribution in [0.25, 0.3) is 21.9 Å². The van der Waals surface area contributed by atoms with Gasteiger partial charge in [0.1, 0.15) is 12.3 Å². The van der Waals surface area contributed by atoms with Crippen LogP contribution in [0.3, 0.4) is 0 Å². The van der Waals surface area contributed by atoms with Gasteiger partial charge in [-0.3, -0.25) is 19.4 Å². The minimum atomic E-state index is -0.767. The van der Waals surface area contributed by atoms with Gasteiger partial charge in [-0.25, -0.2) is 15.4 Å². The van der Waals surface area contributed by atoms with Crippen molar-refractivity contribution < 1.29 is 23.9 Å². The molecule has 2 aliphatic rings. The molecule has 6 rings (SSSR count). The molecule has 57 heavy (non-hydrogen) atoms. The third-order valence-corrected chi connectivity index (χ3v) is 11.8. The Bertz CT molecular complexity index is 2010. The van der Waals surface area contributed by atoms with Crippen LogP contribution < -0.4 is 21.3 Å². The van der Waals surface area contributed by atoms with Gasteiger partial charge in [0, 0.05) is 62.5 Å². The fourth-order valence-corrected chi connectivity index (χ4v) is 8.46. The molecule has 5 N–H and O–H groups in total. The summed E-state index contributed by atoms with van der Waals surface area (Å²) in [7, 11) is 2.52. The minimum absolute atomic E-state index is 0.123. The zero-order valence-electron chi connectivity index (χ0n) is 33.6. The monoisotopic (exact) mass is 795 g/mol. The average Bonchev–Trinajstić information content (AvgIpc) is 3.97. The van der Waals surface area contributed by atoms with E-state index in [9.17, 15) is 19.5 Å². The van der Waals surface area contributed by atoms with E-state index in [1.54, 1.807) is 40.8 Å². The third kappa shape index (κ3) is 10.5. The molecule has 2 fully saturated rings. The highest BCUT2D eigenvalue weighted by Gasteiger charge is 2.44. The van der Waals surface area contributed by atoms with Crippen molar-refractivity contribution in [2.75, 3.05) is 13.6 Å². The molecule has 1 saturated carbocycles. The highest BCUT2D eigenvalue weighted by atomic mass is 32.1. The van der Waals surface area contributed by atoms with E-state index in [1.165, 1.54) is 6.26 Å². The maximum Gasteiger partial charge on any atom is 0.277 e. The Labute approximate surface area is 339 Å². The van der Waals surface area contributed by atoms with E-state index in [0.717, 1.165) is 52.9 Å². The Hall–Kier alpha value is -4.90. The second kappa shape index (κ2) is 18.6. The van der Waals surface area contributed by atoms with Crippen LogP contribution in [0.4, 0.5) is 0 Å². The largest absolute Gasteiger partial charge is 0.444 e. The molecule has 302 valence electrons. The number of aryl methyl sites for hydroxylation is 1. The normalized spacial score (nSPS) is 20.5. The van der Waals surface area contributed by atoms with Crippen molar-refractivity contribution in [1.82, 2.24) is 46.1 Å². The quantitative estimate of drug-likeness (QED) is 0.0894. The number of nitrogens with one attached hydrogen (secondary N) is 4. The Morgan fingerprint density at radius 2 is 1.81 bits per heavy atom. The molecule has 0 spiro atoms. The predicted molar refractivity (Wildman–Crippen MR) is 222 cm³/mol. The number of oxazole rings is 1. The lowest BCUT2D eigenvalue weighted by molar-refractivity contribution is -0.141. The van der Waals surface area contributed by atoms with Crippen molar-refractivity contribution in [3.05, 3.63) is 89.4 Å². The van der Waals surface area contributed by atoms with Crippen molar-refractivity contribution in [3.63, 3.8) is 0 Å². The van der Waals surface area contributed by atoms with Crippen LogP contribution in [0.1, 0.15) is 81.5 Å². The zero-order chi connectivity index (χ0) is 40.7. The molecule has 3 amide bonds. The van der Waals surface area contributed by atoms with E-state index in [2.05, 4.69) is 36.2 Å². The number of hydrazine groups is 1. The van der Waals surface area contributed by atoms with E-state index in [4.69, 9.17) is 4.42 Å². The number of allylic oxidation sites excluding steroid dienone is 1. The van der Waals surface area contributed by atoms with Crippen molar-refractivity contribution in [2.45, 2.75) is 103 Å². The van der Waals surface area contributed by atoms with Crippen molar-refractivity contribution in [3.8, 4) is 21.9 Å². The van der Waals surface area contributed by atoms with Crippen molar-refractivity contribution in [2.24, 2.45) is 5.41 Å². The van der Waals surface area contributed by atoms with Crippen LogP contribution in [0.5, 0.6) is 0 Å². The third-order valence-electron chi connectivity index (χ3n) is 10.8. The number of carbonyl (C=O) groups excluding carboxylic acids is 3. The number of hydrogen-bond acceptors (Lipinski definition) is 12. The molecule has 14 nitrogen and oxygen atoms in total. The number of carbonyl (C=O) groups is 3. The van der Waals surface area contributed by atoms with Crippen molar-refractivity contribution >= 4 is 36.5 Å². The number of hydrogen-bond donors (Lipinski definition) is 5. The fourth-order valence-electron chi connectivity index (χ4n) is 7.65. The van der Waals surface area contributed by atoms with Gasteiger partial charge in [-0.1, -0.05) is 63.7 Å². The number of aliphatic hydroxyl groups is 1. The maximum absolute atomic E-state index is 14.2. The molecule has 0 radical (unpaired) electrons. The summed E-state index contributed by atoms with van der Waals surface area (Å²) in [6, 6.07) is 10.5. The van der Waals surface area contributed by atoms with Gasteiger partial charge in [-0.2, -0.15) is 0 Å². The summed E-state index contributed by atoms with van der Waals surface area (Å²) < 4.78 is 5.51. The van der Waals surface area contributed by atoms with Crippen LogP contribution in [0.2, 0.25) is 5.82 Å². The van der Waals surface area contributed by atoms with Crippen LogP contribution in [-0.4, -0.2) is 92.9 Å². The molecule has 4 aromatic rings. The van der Waals surface area contributed by atoms with E-state index in [-0.39, 0.29) is 42.4 Å². The summed E-state index contributed by atoms with van der Waals surface area (Å²) in [5, 5.41) is 22.2. The fraction of sp³-hybridized carbons (Fsp3) is 0.463. The molecule has 3 atom stereocenters. The second-order valence-corrected chi connectivity index (χ2v) is 17.0. The smallest absolute Gasteiger partial charge is 0.277 e. The van der Waals surface area contributed by atoms with E-state index < -0.39 is 23.6 Å². The SMILES string of the molecule is CNN(/C=C(\C)NC(=O)c1coc(-c2ccncc2)n1)C1CCC(BN[C@H](C(=O)N2C[C@H](O)C[C@H]2C(=O)NCc2ccc(-c3scnc3C)cc2)C(C)(C)C)CC1. The summed E-state index contributed by atoms with van der Waals surface area (Å²) >= 11 is 1.60. The maximum atomic E-state index is 14.2. The van der Waals surface area contributed by atoms with E-state index in [1.807, 2.05) is 82.7 Å². The first-order chi connectivity index (χ1) is 27.3. The lowest BCUT2D eigenvalue weighted by Crippen LogP contribution is -2.57. The first-order valence-corrected chi connectivity index (χ1v) is 20.5. The first kappa shape index (κ1) is 41.7. The number of nitrogens with zero attached hydrogens (tertiary/aromatic N) is 5. The topological polar surface area (TPSA) is 178 Å². The lowest BCUT2D eigenvalue weighted by Gasteiger charge is -2.38. The predicted octanol–water partition coefficient (Wildman–Crippen LogP) is 4.56. The van der Waals surface area contributed by atoms with E-state index in [0.29, 0.717) is 31.4 Å². The highest BCUT2D eigenvalue weighted by Crippen LogP contribution is 2.32. The number of aliphatic hydroxyl groups excluding tert-OH is 1. The molecular formula is C41H54BN9O5S. The number of amides is 3. The zero-order valence-corrected chi connectivity index (χ0v) is 34.4. The van der Waals surface area contributed by atoms with E-state index >= 15 is 0 Å². The van der Waals surface area contributed by atoms with Gasteiger partial charge in [0.25, 0.3) is 5.91 Å². The molecule has 3 aromatic heterocycles. The molecule has 1 saturated heterocycles. The van der Waals surface area contributed by atoms with Gasteiger partial charge < -0.3 is 35.3 Å². The Morgan fingerprint density at radius 3 is 2.46 bits per heavy atom. The number of thiazole rings is 1. The molecule has 1 aromatic carbocycles. The van der Waals surface area contributed by atoms with Gasteiger partial charge >= 0.3 is 0 Å². The summed E-state index contributed by atoms with van der Waals surface area (Å²) in [5.74, 6) is -0.0798. The highest BCUT2D eigenvalue weighted by molar-refractivity contribution is 7.13. The van der Waals surface area contributed by atoms with Crippen LogP contribution in [-0.2, 0) is 16.1 Å². The van der Waals surface area contributed by atoms with Crippen LogP contribution >= 0.6 is 11.3 Å². The minimum Gasteiger partial charge on any atom is -0.444 e. The van der Waals surface area contributed by atoms with Crippen LogP contribution in [0, 0.1) is 12.3 Å². The number of likely N-dealkylation sites (tertiary alicyclic amines) is 1. The van der Waals surface area contributed by atoms with Gasteiger partial charge in [-0.05, 0) is 55.4 Å². The van der Waals surface area contributed by atoms with Crippen molar-refractivity contribution in [1.29, 1.82) is 0 Å². The molecule has 0 unspecified atom stereocenters. The summed E-state index contributed by atoms with van der Waals surface area (Å²) in [5.41, 5.74) is 9.27. The number of pyridine rings is 1. The molecular weight excluding hydrogens is 741 g/mol. The Balaban J connectivity index is 0.990. The molecule has 16 heteroatoms. The summed E-state index contributed by atoms with van der Waals surface area (Å²) in [6.07, 6.45) is 9.71.